The molecule has 0 bridgehead atoms. The molecule has 0 aliphatic rings. The maximum Gasteiger partial charge on any atom is 1.00 e. The average Bonchev–Trinajstić information content (AvgIpc) is 2.54. The van der Waals surface area contributed by atoms with Crippen molar-refractivity contribution in [3.8, 4) is 11.3 Å². The van der Waals surface area contributed by atoms with Crippen molar-refractivity contribution in [1.29, 1.82) is 0 Å². The van der Waals surface area contributed by atoms with Gasteiger partial charge in [-0.05, 0) is 23.6 Å². The number of ketones is 2. The maximum absolute atomic E-state index is 9.79. The number of carbonyl (C=O) groups is 2. The Morgan fingerprint density at radius 1 is 0.962 bits per heavy atom. The molecule has 0 amide bonds. The number of nitrogens with zero attached hydrogens (tertiary/aromatic N) is 2. The van der Waals surface area contributed by atoms with E-state index in [1.165, 1.54) is 25.0 Å². The molecule has 0 N–H and O–H groups in total. The monoisotopic (exact) mass is 525 g/mol. The minimum atomic E-state index is -0.380. The summed E-state index contributed by atoms with van der Waals surface area (Å²) in [7, 11) is 0. The number of aromatic nitrogens is 2. The molecule has 2 aromatic carbocycles. The van der Waals surface area contributed by atoms with Crippen LogP contribution in [0.4, 0.5) is 0 Å². The summed E-state index contributed by atoms with van der Waals surface area (Å²) < 4.78 is 0. The molecule has 3 rings (SSSR count). The topological polar surface area (TPSA) is 59.9 Å². The van der Waals surface area contributed by atoms with Gasteiger partial charge in [0.25, 0.3) is 0 Å². The predicted octanol–water partition coefficient (Wildman–Crippen LogP) is 4.18. The molecule has 0 saturated carbocycles. The Morgan fingerprint density at radius 2 is 1.62 bits per heavy atom. The molecule has 1 heterocycles. The number of aryl methyl sites for hydroxylation is 3. The van der Waals surface area contributed by atoms with Crippen LogP contribution in [0.3, 0.4) is 0 Å². The molecule has 0 aliphatic heterocycles. The van der Waals surface area contributed by atoms with Gasteiger partial charge in [-0.1, -0.05) is 32.0 Å². The fourth-order valence-electron chi connectivity index (χ4n) is 2.47. The summed E-state index contributed by atoms with van der Waals surface area (Å²) in [5, 5.41) is 1.09. The van der Waals surface area contributed by atoms with Crippen LogP contribution >= 0.6 is 0 Å². The number of hydrogen-bond donors (Lipinski definition) is 0. The van der Waals surface area contributed by atoms with Crippen LogP contribution in [0.15, 0.2) is 36.7 Å². The summed E-state index contributed by atoms with van der Waals surface area (Å²) in [6, 6.07) is 13.8. The molecule has 0 saturated heterocycles. The zero-order valence-electron chi connectivity index (χ0n) is 15.5. The van der Waals surface area contributed by atoms with Crippen molar-refractivity contribution in [3.05, 3.63) is 59.4 Å². The van der Waals surface area contributed by atoms with Crippen LogP contribution in [0.2, 0.25) is 0 Å². The van der Waals surface area contributed by atoms with Gasteiger partial charge in [0.1, 0.15) is 6.33 Å². The number of benzene rings is 2. The Kier molecular flexibility index (Phi) is 7.93. The molecule has 1 radical (unpaired) electrons. The second kappa shape index (κ2) is 9.45. The van der Waals surface area contributed by atoms with Gasteiger partial charge in [-0.2, -0.15) is 0 Å². The second-order valence-corrected chi connectivity index (χ2v) is 6.06. The third-order valence-electron chi connectivity index (χ3n) is 3.77. The van der Waals surface area contributed by atoms with Crippen molar-refractivity contribution in [1.82, 2.24) is 9.97 Å². The Balaban J connectivity index is 0.000000422. The van der Waals surface area contributed by atoms with Crippen molar-refractivity contribution in [2.24, 2.45) is 0 Å². The normalized spacial score (nSPS) is 9.73. The SMILES string of the molecule is CC(=O)C(C)=O.Cc1[c-]c(-c2ncnc3c(C)cccc23)cc(C)c1.[Os+]. The van der Waals surface area contributed by atoms with Crippen molar-refractivity contribution >= 4 is 22.5 Å². The van der Waals surface area contributed by atoms with E-state index in [0.29, 0.717) is 0 Å². The zero-order chi connectivity index (χ0) is 18.6. The molecule has 135 valence electrons. The van der Waals surface area contributed by atoms with E-state index in [9.17, 15) is 9.59 Å². The molecule has 0 aliphatic carbocycles. The van der Waals surface area contributed by atoms with E-state index >= 15 is 0 Å². The number of para-hydroxylation sites is 1. The number of fused-ring (bicyclic) bond motifs is 1. The molecule has 0 atom stereocenters. The largest absolute Gasteiger partial charge is 1.00 e. The standard InChI is InChI=1S/C17H15N2.C4H6O2.Os/c1-11-7-12(2)9-14(8-11)17-15-6-4-5-13(3)16(15)18-10-19-17;1-3(5)4(2)6;/h4-8,10H,1-3H3;1-2H3;/q-1;;+1. The van der Waals surface area contributed by atoms with Gasteiger partial charge in [-0.25, -0.2) is 4.98 Å². The van der Waals surface area contributed by atoms with Gasteiger partial charge < -0.3 is 0 Å². The Labute approximate surface area is 167 Å². The fourth-order valence-corrected chi connectivity index (χ4v) is 2.47. The first-order valence-corrected chi connectivity index (χ1v) is 8.02. The quantitative estimate of drug-likeness (QED) is 0.374. The van der Waals surface area contributed by atoms with Crippen LogP contribution in [0.25, 0.3) is 22.2 Å². The molecular weight excluding hydrogens is 502 g/mol. The van der Waals surface area contributed by atoms with Crippen molar-refractivity contribution in [2.45, 2.75) is 34.6 Å². The zero-order valence-corrected chi connectivity index (χ0v) is 18.1. The predicted molar refractivity (Wildman–Crippen MR) is 99.4 cm³/mol. The number of carbonyl (C=O) groups excluding carboxylic acids is 2. The maximum atomic E-state index is 9.79. The van der Waals surface area contributed by atoms with Crippen LogP contribution in [-0.2, 0) is 29.4 Å². The number of hydrogen-bond acceptors (Lipinski definition) is 4. The van der Waals surface area contributed by atoms with E-state index < -0.39 is 0 Å². The summed E-state index contributed by atoms with van der Waals surface area (Å²) in [5.41, 5.74) is 6.54. The van der Waals surface area contributed by atoms with E-state index in [4.69, 9.17) is 0 Å². The molecule has 0 spiro atoms. The summed E-state index contributed by atoms with van der Waals surface area (Å²) in [5.74, 6) is -0.759. The van der Waals surface area contributed by atoms with Gasteiger partial charge in [0, 0.05) is 13.8 Å². The summed E-state index contributed by atoms with van der Waals surface area (Å²) in [6.07, 6.45) is 1.64. The van der Waals surface area contributed by atoms with Crippen molar-refractivity contribution in [2.75, 3.05) is 0 Å². The van der Waals surface area contributed by atoms with E-state index in [1.807, 2.05) is 6.07 Å². The fraction of sp³-hybridized carbons (Fsp3) is 0.238. The van der Waals surface area contributed by atoms with Crippen molar-refractivity contribution < 1.29 is 29.4 Å². The minimum Gasteiger partial charge on any atom is -0.291 e. The average molecular weight is 524 g/mol. The van der Waals surface area contributed by atoms with E-state index in [0.717, 1.165) is 27.7 Å². The van der Waals surface area contributed by atoms with Gasteiger partial charge in [0.15, 0.2) is 11.6 Å². The van der Waals surface area contributed by atoms with Crippen LogP contribution in [0.5, 0.6) is 0 Å². The Bertz CT molecular complexity index is 920. The molecule has 4 nitrogen and oxygen atoms in total. The van der Waals surface area contributed by atoms with Gasteiger partial charge >= 0.3 is 19.8 Å². The second-order valence-electron chi connectivity index (χ2n) is 6.06. The number of rotatable bonds is 2. The molecule has 3 aromatic rings. The van der Waals surface area contributed by atoms with E-state index in [1.54, 1.807) is 6.33 Å². The Morgan fingerprint density at radius 3 is 2.19 bits per heavy atom. The smallest absolute Gasteiger partial charge is 0.291 e. The Hall–Kier alpha value is -2.24. The third-order valence-corrected chi connectivity index (χ3v) is 3.77. The van der Waals surface area contributed by atoms with E-state index in [2.05, 4.69) is 61.1 Å². The molecule has 0 fully saturated rings. The van der Waals surface area contributed by atoms with Gasteiger partial charge in [-0.3, -0.25) is 14.6 Å². The first-order chi connectivity index (χ1) is 11.8. The van der Waals surface area contributed by atoms with Crippen molar-refractivity contribution in [3.63, 3.8) is 0 Å². The summed E-state index contributed by atoms with van der Waals surface area (Å²) in [4.78, 5) is 28.4. The first-order valence-electron chi connectivity index (χ1n) is 8.02. The minimum absolute atomic E-state index is 0. The molecule has 5 heteroatoms. The van der Waals surface area contributed by atoms with Crippen LogP contribution in [0, 0.1) is 26.8 Å². The van der Waals surface area contributed by atoms with Crippen LogP contribution in [-0.4, -0.2) is 21.5 Å². The summed E-state index contributed by atoms with van der Waals surface area (Å²) >= 11 is 0. The molecule has 26 heavy (non-hydrogen) atoms. The first kappa shape index (κ1) is 21.8. The van der Waals surface area contributed by atoms with Gasteiger partial charge in [0.05, 0.1) is 5.52 Å². The third kappa shape index (κ3) is 5.38. The number of Topliss-reactive ketones (excluding diaryl/α,β-unsaturated/α-hetero) is 2. The molecule has 1 aromatic heterocycles. The van der Waals surface area contributed by atoms with Crippen LogP contribution < -0.4 is 0 Å². The van der Waals surface area contributed by atoms with Crippen LogP contribution in [0.1, 0.15) is 30.5 Å². The molecule has 0 unspecified atom stereocenters. The van der Waals surface area contributed by atoms with E-state index in [-0.39, 0.29) is 31.4 Å². The summed E-state index contributed by atoms with van der Waals surface area (Å²) in [6.45, 7) is 8.74. The van der Waals surface area contributed by atoms with Gasteiger partial charge in [-0.15, -0.1) is 34.9 Å². The molecular formula is C21H21N2O2Os. The van der Waals surface area contributed by atoms with Gasteiger partial charge in [0.2, 0.25) is 0 Å².